The van der Waals surface area contributed by atoms with Gasteiger partial charge in [0.1, 0.15) is 11.6 Å². The van der Waals surface area contributed by atoms with E-state index in [0.29, 0.717) is 0 Å². The zero-order valence-corrected chi connectivity index (χ0v) is 9.97. The van der Waals surface area contributed by atoms with Crippen LogP contribution >= 0.6 is 0 Å². The molecule has 0 aliphatic rings. The van der Waals surface area contributed by atoms with Crippen molar-refractivity contribution in [1.82, 2.24) is 5.32 Å². The van der Waals surface area contributed by atoms with E-state index in [0.717, 1.165) is 16.3 Å². The van der Waals surface area contributed by atoms with Crippen LogP contribution in [-0.2, 0) is 4.79 Å². The second-order valence-electron chi connectivity index (χ2n) is 3.86. The number of hydrogen-bond donors (Lipinski definition) is 1. The summed E-state index contributed by atoms with van der Waals surface area (Å²) in [7, 11) is 1.51. The predicted molar refractivity (Wildman–Crippen MR) is 71.6 cm³/mol. The van der Waals surface area contributed by atoms with Crippen LogP contribution in [0.25, 0.3) is 16.8 Å². The van der Waals surface area contributed by atoms with Gasteiger partial charge in [-0.15, -0.1) is 0 Å². The molecular formula is C15H12N2O. The van der Waals surface area contributed by atoms with Gasteiger partial charge in [-0.1, -0.05) is 36.4 Å². The number of nitrogens with zero attached hydrogens (tertiary/aromatic N) is 1. The Hall–Kier alpha value is -2.60. The highest BCUT2D eigenvalue weighted by Gasteiger charge is 2.05. The molecule has 2 aromatic carbocycles. The van der Waals surface area contributed by atoms with Crippen molar-refractivity contribution in [3.05, 3.63) is 53.6 Å². The SMILES string of the molecule is CNC(=O)/C(C#N)=C/c1ccc2ccccc2c1. The zero-order chi connectivity index (χ0) is 13.0. The number of nitrogens with one attached hydrogen (secondary N) is 1. The molecule has 0 saturated heterocycles. The predicted octanol–water partition coefficient (Wildman–Crippen LogP) is 2.49. The number of benzene rings is 2. The molecule has 0 aliphatic heterocycles. The number of carbonyl (C=O) groups excluding carboxylic acids is 1. The van der Waals surface area contributed by atoms with Gasteiger partial charge in [0.05, 0.1) is 0 Å². The first kappa shape index (κ1) is 11.9. The lowest BCUT2D eigenvalue weighted by molar-refractivity contribution is -0.116. The number of carbonyl (C=O) groups is 1. The first-order valence-corrected chi connectivity index (χ1v) is 5.57. The van der Waals surface area contributed by atoms with Crippen LogP contribution in [0, 0.1) is 11.3 Å². The minimum Gasteiger partial charge on any atom is -0.354 e. The van der Waals surface area contributed by atoms with E-state index in [-0.39, 0.29) is 11.5 Å². The summed E-state index contributed by atoms with van der Waals surface area (Å²) >= 11 is 0. The second kappa shape index (κ2) is 5.15. The molecule has 2 aromatic rings. The van der Waals surface area contributed by atoms with E-state index in [4.69, 9.17) is 5.26 Å². The van der Waals surface area contributed by atoms with Gasteiger partial charge in [0.15, 0.2) is 0 Å². The molecule has 0 atom stereocenters. The molecule has 0 spiro atoms. The van der Waals surface area contributed by atoms with Crippen molar-refractivity contribution in [2.75, 3.05) is 7.05 Å². The standard InChI is InChI=1S/C15H12N2O/c1-17-15(18)14(10-16)9-11-6-7-12-4-2-3-5-13(12)8-11/h2-9H,1H3,(H,17,18)/b14-9+. The maximum Gasteiger partial charge on any atom is 0.261 e. The summed E-state index contributed by atoms with van der Waals surface area (Å²) in [6.07, 6.45) is 1.59. The lowest BCUT2D eigenvalue weighted by Crippen LogP contribution is -2.19. The highest BCUT2D eigenvalue weighted by molar-refractivity contribution is 6.02. The molecule has 3 nitrogen and oxygen atoms in total. The summed E-state index contributed by atoms with van der Waals surface area (Å²) < 4.78 is 0. The molecule has 3 heteroatoms. The van der Waals surface area contributed by atoms with Gasteiger partial charge in [0.25, 0.3) is 5.91 Å². The molecule has 1 amide bonds. The second-order valence-corrected chi connectivity index (χ2v) is 3.86. The average molecular weight is 236 g/mol. The summed E-state index contributed by atoms with van der Waals surface area (Å²) in [5.74, 6) is -0.370. The van der Waals surface area contributed by atoms with E-state index in [1.165, 1.54) is 7.05 Å². The molecular weight excluding hydrogens is 224 g/mol. The molecule has 88 valence electrons. The number of nitriles is 1. The third kappa shape index (κ3) is 2.38. The topological polar surface area (TPSA) is 52.9 Å². The lowest BCUT2D eigenvalue weighted by Gasteiger charge is -2.00. The molecule has 0 bridgehead atoms. The van der Waals surface area contributed by atoms with Crippen molar-refractivity contribution in [2.45, 2.75) is 0 Å². The minimum atomic E-state index is -0.370. The smallest absolute Gasteiger partial charge is 0.261 e. The Bertz CT molecular complexity index is 665. The van der Waals surface area contributed by atoms with E-state index < -0.39 is 0 Å². The molecule has 0 fully saturated rings. The highest BCUT2D eigenvalue weighted by atomic mass is 16.1. The lowest BCUT2D eigenvalue weighted by atomic mass is 10.1. The Morgan fingerprint density at radius 3 is 2.61 bits per heavy atom. The van der Waals surface area contributed by atoms with Crippen LogP contribution in [0.15, 0.2) is 48.0 Å². The summed E-state index contributed by atoms with van der Waals surface area (Å²) in [5, 5.41) is 13.6. The molecule has 0 radical (unpaired) electrons. The number of rotatable bonds is 2. The largest absolute Gasteiger partial charge is 0.354 e. The molecule has 0 saturated carbocycles. The fourth-order valence-electron chi connectivity index (χ4n) is 1.75. The molecule has 0 aromatic heterocycles. The van der Waals surface area contributed by atoms with Gasteiger partial charge < -0.3 is 5.32 Å². The zero-order valence-electron chi connectivity index (χ0n) is 9.97. The first-order valence-electron chi connectivity index (χ1n) is 5.57. The minimum absolute atomic E-state index is 0.104. The first-order chi connectivity index (χ1) is 8.74. The van der Waals surface area contributed by atoms with Gasteiger partial charge in [-0.05, 0) is 28.5 Å². The van der Waals surface area contributed by atoms with Gasteiger partial charge in [-0.3, -0.25) is 4.79 Å². The van der Waals surface area contributed by atoms with E-state index in [1.807, 2.05) is 48.5 Å². The van der Waals surface area contributed by atoms with Crippen molar-refractivity contribution in [3.8, 4) is 6.07 Å². The third-order valence-corrected chi connectivity index (χ3v) is 2.68. The molecule has 0 aliphatic carbocycles. The Balaban J connectivity index is 2.46. The van der Waals surface area contributed by atoms with Crippen LogP contribution in [0.3, 0.4) is 0 Å². The van der Waals surface area contributed by atoms with Gasteiger partial charge in [-0.2, -0.15) is 5.26 Å². The maximum atomic E-state index is 11.4. The van der Waals surface area contributed by atoms with Crippen molar-refractivity contribution in [3.63, 3.8) is 0 Å². The van der Waals surface area contributed by atoms with Crippen LogP contribution in [0.4, 0.5) is 0 Å². The Morgan fingerprint density at radius 1 is 1.22 bits per heavy atom. The monoisotopic (exact) mass is 236 g/mol. The van der Waals surface area contributed by atoms with Gasteiger partial charge in [0.2, 0.25) is 0 Å². The molecule has 18 heavy (non-hydrogen) atoms. The molecule has 0 unspecified atom stereocenters. The maximum absolute atomic E-state index is 11.4. The van der Waals surface area contributed by atoms with E-state index in [9.17, 15) is 4.79 Å². The normalized spacial score (nSPS) is 11.0. The molecule has 2 rings (SSSR count). The molecule has 1 N–H and O–H groups in total. The molecule has 0 heterocycles. The van der Waals surface area contributed by atoms with Crippen molar-refractivity contribution in [1.29, 1.82) is 5.26 Å². The van der Waals surface area contributed by atoms with Gasteiger partial charge >= 0.3 is 0 Å². The highest BCUT2D eigenvalue weighted by Crippen LogP contribution is 2.17. The van der Waals surface area contributed by atoms with Crippen molar-refractivity contribution < 1.29 is 4.79 Å². The number of amides is 1. The van der Waals surface area contributed by atoms with Crippen LogP contribution < -0.4 is 5.32 Å². The van der Waals surface area contributed by atoms with Gasteiger partial charge in [-0.25, -0.2) is 0 Å². The van der Waals surface area contributed by atoms with Crippen LogP contribution in [0.2, 0.25) is 0 Å². The Morgan fingerprint density at radius 2 is 1.94 bits per heavy atom. The van der Waals surface area contributed by atoms with Crippen molar-refractivity contribution >= 4 is 22.8 Å². The summed E-state index contributed by atoms with van der Waals surface area (Å²) in [6.45, 7) is 0. The van der Waals surface area contributed by atoms with E-state index in [2.05, 4.69) is 5.32 Å². The summed E-state index contributed by atoms with van der Waals surface area (Å²) in [4.78, 5) is 11.4. The number of fused-ring (bicyclic) bond motifs is 1. The Kier molecular flexibility index (Phi) is 3.40. The summed E-state index contributed by atoms with van der Waals surface area (Å²) in [6, 6.07) is 15.7. The average Bonchev–Trinajstić information content (AvgIpc) is 2.43. The van der Waals surface area contributed by atoms with Crippen LogP contribution in [0.1, 0.15) is 5.56 Å². The van der Waals surface area contributed by atoms with E-state index in [1.54, 1.807) is 6.08 Å². The van der Waals surface area contributed by atoms with Crippen molar-refractivity contribution in [2.24, 2.45) is 0 Å². The van der Waals surface area contributed by atoms with Crippen LogP contribution in [-0.4, -0.2) is 13.0 Å². The third-order valence-electron chi connectivity index (χ3n) is 2.68. The number of hydrogen-bond acceptors (Lipinski definition) is 2. The van der Waals surface area contributed by atoms with E-state index >= 15 is 0 Å². The number of likely N-dealkylation sites (N-methyl/N-ethyl adjacent to an activating group) is 1. The quantitative estimate of drug-likeness (QED) is 0.643. The van der Waals surface area contributed by atoms with Crippen LogP contribution in [0.5, 0.6) is 0 Å². The van der Waals surface area contributed by atoms with Gasteiger partial charge in [0, 0.05) is 7.05 Å². The Labute approximate surface area is 105 Å². The fourth-order valence-corrected chi connectivity index (χ4v) is 1.75. The summed E-state index contributed by atoms with van der Waals surface area (Å²) in [5.41, 5.74) is 0.946. The fraction of sp³-hybridized carbons (Fsp3) is 0.0667.